The van der Waals surface area contributed by atoms with Crippen LogP contribution in [-0.4, -0.2) is 17.7 Å². The van der Waals surface area contributed by atoms with Gasteiger partial charge in [0, 0.05) is 5.69 Å². The summed E-state index contributed by atoms with van der Waals surface area (Å²) in [5.41, 5.74) is 2.75. The molecule has 2 aromatic rings. The smallest absolute Gasteiger partial charge is 0.319 e. The van der Waals surface area contributed by atoms with E-state index in [4.69, 9.17) is 0 Å². The summed E-state index contributed by atoms with van der Waals surface area (Å²) in [5.74, 6) is 0.319. The highest BCUT2D eigenvalue weighted by Crippen LogP contribution is 2.23. The van der Waals surface area contributed by atoms with Gasteiger partial charge in [-0.25, -0.2) is 4.79 Å². The standard InChI is InChI=1S/C18H22N2O2/c1-13(2)15-10-6-7-11-16(15)19-18(22)20-17(12-21)14-8-4-3-5-9-14/h3-11,13,17,21H,12H2,1-2H3,(H2,19,20,22). The molecular formula is C18H22N2O2. The van der Waals surface area contributed by atoms with Gasteiger partial charge in [-0.3, -0.25) is 0 Å². The molecule has 0 aromatic heterocycles. The fourth-order valence-electron chi connectivity index (χ4n) is 2.35. The number of aliphatic hydroxyl groups excluding tert-OH is 1. The second-order valence-corrected chi connectivity index (χ2v) is 5.49. The summed E-state index contributed by atoms with van der Waals surface area (Å²) in [5, 5.41) is 15.2. The molecular weight excluding hydrogens is 276 g/mol. The fourth-order valence-corrected chi connectivity index (χ4v) is 2.35. The number of carbonyl (C=O) groups is 1. The predicted molar refractivity (Wildman–Crippen MR) is 89.0 cm³/mol. The molecule has 0 saturated carbocycles. The van der Waals surface area contributed by atoms with E-state index in [1.807, 2.05) is 54.6 Å². The Morgan fingerprint density at radius 2 is 1.68 bits per heavy atom. The van der Waals surface area contributed by atoms with Crippen molar-refractivity contribution in [2.75, 3.05) is 11.9 Å². The minimum Gasteiger partial charge on any atom is -0.394 e. The number of para-hydroxylation sites is 1. The Balaban J connectivity index is 2.07. The molecule has 0 heterocycles. The van der Waals surface area contributed by atoms with Crippen molar-refractivity contribution in [3.63, 3.8) is 0 Å². The molecule has 3 N–H and O–H groups in total. The third-order valence-electron chi connectivity index (χ3n) is 3.52. The number of carbonyl (C=O) groups excluding carboxylic acids is 1. The highest BCUT2D eigenvalue weighted by atomic mass is 16.3. The van der Waals surface area contributed by atoms with Gasteiger partial charge in [0.15, 0.2) is 0 Å². The molecule has 4 nitrogen and oxygen atoms in total. The first kappa shape index (κ1) is 16.0. The van der Waals surface area contributed by atoms with Crippen LogP contribution in [0.1, 0.15) is 36.9 Å². The van der Waals surface area contributed by atoms with Crippen LogP contribution in [0.25, 0.3) is 0 Å². The van der Waals surface area contributed by atoms with E-state index >= 15 is 0 Å². The first-order valence-corrected chi connectivity index (χ1v) is 7.44. The van der Waals surface area contributed by atoms with Gasteiger partial charge in [-0.05, 0) is 23.1 Å². The average molecular weight is 298 g/mol. The molecule has 0 aliphatic heterocycles. The van der Waals surface area contributed by atoms with E-state index in [1.54, 1.807) is 0 Å². The van der Waals surface area contributed by atoms with E-state index in [2.05, 4.69) is 24.5 Å². The van der Waals surface area contributed by atoms with Crippen LogP contribution in [0, 0.1) is 0 Å². The Labute approximate surface area is 131 Å². The minimum atomic E-state index is -0.424. The lowest BCUT2D eigenvalue weighted by Crippen LogP contribution is -2.34. The lowest BCUT2D eigenvalue weighted by molar-refractivity contribution is 0.225. The largest absolute Gasteiger partial charge is 0.394 e. The molecule has 0 bridgehead atoms. The molecule has 0 radical (unpaired) electrons. The van der Waals surface area contributed by atoms with Crippen LogP contribution >= 0.6 is 0 Å². The normalized spacial score (nSPS) is 12.0. The van der Waals surface area contributed by atoms with Crippen molar-refractivity contribution in [3.8, 4) is 0 Å². The van der Waals surface area contributed by atoms with Crippen LogP contribution in [0.5, 0.6) is 0 Å². The molecule has 116 valence electrons. The Morgan fingerprint density at radius 1 is 1.05 bits per heavy atom. The summed E-state index contributed by atoms with van der Waals surface area (Å²) in [6.07, 6.45) is 0. The van der Waals surface area contributed by atoms with Crippen molar-refractivity contribution in [1.82, 2.24) is 5.32 Å². The van der Waals surface area contributed by atoms with E-state index < -0.39 is 6.04 Å². The number of nitrogens with one attached hydrogen (secondary N) is 2. The first-order chi connectivity index (χ1) is 10.6. The fraction of sp³-hybridized carbons (Fsp3) is 0.278. The summed E-state index contributed by atoms with van der Waals surface area (Å²) < 4.78 is 0. The molecule has 1 unspecified atom stereocenters. The summed E-state index contributed by atoms with van der Waals surface area (Å²) in [6.45, 7) is 4.01. The van der Waals surface area contributed by atoms with E-state index in [9.17, 15) is 9.90 Å². The second-order valence-electron chi connectivity index (χ2n) is 5.49. The number of hydrogen-bond acceptors (Lipinski definition) is 2. The van der Waals surface area contributed by atoms with E-state index in [1.165, 1.54) is 0 Å². The quantitative estimate of drug-likeness (QED) is 0.789. The maximum atomic E-state index is 12.2. The van der Waals surface area contributed by atoms with Gasteiger partial charge >= 0.3 is 6.03 Å². The van der Waals surface area contributed by atoms with Crippen molar-refractivity contribution in [2.24, 2.45) is 0 Å². The van der Waals surface area contributed by atoms with Crippen molar-refractivity contribution < 1.29 is 9.90 Å². The molecule has 2 aromatic carbocycles. The number of aliphatic hydroxyl groups is 1. The average Bonchev–Trinajstić information content (AvgIpc) is 2.53. The first-order valence-electron chi connectivity index (χ1n) is 7.44. The molecule has 2 rings (SSSR count). The van der Waals surface area contributed by atoms with Crippen LogP contribution in [0.4, 0.5) is 10.5 Å². The maximum absolute atomic E-state index is 12.2. The minimum absolute atomic E-state index is 0.150. The number of hydrogen-bond donors (Lipinski definition) is 3. The Kier molecular flexibility index (Phi) is 5.55. The summed E-state index contributed by atoms with van der Waals surface area (Å²) in [6, 6.07) is 16.4. The molecule has 22 heavy (non-hydrogen) atoms. The summed E-state index contributed by atoms with van der Waals surface area (Å²) in [4.78, 5) is 12.2. The van der Waals surface area contributed by atoms with Crippen LogP contribution in [-0.2, 0) is 0 Å². The lowest BCUT2D eigenvalue weighted by Gasteiger charge is -2.19. The zero-order valence-electron chi connectivity index (χ0n) is 12.9. The third-order valence-corrected chi connectivity index (χ3v) is 3.52. The van der Waals surface area contributed by atoms with Crippen molar-refractivity contribution >= 4 is 11.7 Å². The van der Waals surface area contributed by atoms with Crippen molar-refractivity contribution in [2.45, 2.75) is 25.8 Å². The van der Waals surface area contributed by atoms with Gasteiger partial charge in [-0.15, -0.1) is 0 Å². The predicted octanol–water partition coefficient (Wildman–Crippen LogP) is 3.67. The summed E-state index contributed by atoms with van der Waals surface area (Å²) in [7, 11) is 0. The van der Waals surface area contributed by atoms with Gasteiger partial charge in [-0.2, -0.15) is 0 Å². The SMILES string of the molecule is CC(C)c1ccccc1NC(=O)NC(CO)c1ccccc1. The molecule has 4 heteroatoms. The van der Waals surface area contributed by atoms with Gasteiger partial charge in [0.2, 0.25) is 0 Å². The molecule has 0 aliphatic rings. The maximum Gasteiger partial charge on any atom is 0.319 e. The zero-order valence-corrected chi connectivity index (χ0v) is 12.9. The molecule has 0 saturated heterocycles. The number of urea groups is 1. The van der Waals surface area contributed by atoms with E-state index in [0.717, 1.165) is 16.8 Å². The van der Waals surface area contributed by atoms with Gasteiger partial charge in [-0.1, -0.05) is 62.4 Å². The number of amides is 2. The Hall–Kier alpha value is -2.33. The highest BCUT2D eigenvalue weighted by Gasteiger charge is 2.14. The molecule has 1 atom stereocenters. The monoisotopic (exact) mass is 298 g/mol. The van der Waals surface area contributed by atoms with Crippen LogP contribution in [0.15, 0.2) is 54.6 Å². The van der Waals surface area contributed by atoms with Crippen LogP contribution < -0.4 is 10.6 Å². The number of rotatable bonds is 5. The van der Waals surface area contributed by atoms with Crippen molar-refractivity contribution in [3.05, 3.63) is 65.7 Å². The molecule has 0 fully saturated rings. The van der Waals surface area contributed by atoms with Crippen LogP contribution in [0.2, 0.25) is 0 Å². The lowest BCUT2D eigenvalue weighted by atomic mass is 10.0. The molecule has 2 amide bonds. The van der Waals surface area contributed by atoms with E-state index in [0.29, 0.717) is 5.92 Å². The van der Waals surface area contributed by atoms with Crippen LogP contribution in [0.3, 0.4) is 0 Å². The van der Waals surface area contributed by atoms with Gasteiger partial charge in [0.1, 0.15) is 0 Å². The van der Waals surface area contributed by atoms with Gasteiger partial charge in [0.25, 0.3) is 0 Å². The van der Waals surface area contributed by atoms with Gasteiger partial charge in [0.05, 0.1) is 12.6 Å². The number of benzene rings is 2. The topological polar surface area (TPSA) is 61.4 Å². The molecule has 0 aliphatic carbocycles. The third kappa shape index (κ3) is 4.09. The second kappa shape index (κ2) is 7.61. The van der Waals surface area contributed by atoms with E-state index in [-0.39, 0.29) is 12.6 Å². The van der Waals surface area contributed by atoms with Gasteiger partial charge < -0.3 is 15.7 Å². The highest BCUT2D eigenvalue weighted by molar-refractivity contribution is 5.90. The number of anilines is 1. The summed E-state index contributed by atoms with van der Waals surface area (Å²) >= 11 is 0. The molecule has 0 spiro atoms. The Morgan fingerprint density at radius 3 is 2.32 bits per heavy atom. The Bertz CT molecular complexity index is 611. The zero-order chi connectivity index (χ0) is 15.9. The van der Waals surface area contributed by atoms with Crippen molar-refractivity contribution in [1.29, 1.82) is 0 Å².